The molecule has 0 amide bonds. The molecule has 1 fully saturated rings. The number of hydrogen-bond donors (Lipinski definition) is 0. The van der Waals surface area contributed by atoms with Crippen LogP contribution in [0.3, 0.4) is 0 Å². The first-order valence-corrected chi connectivity index (χ1v) is 11.3. The summed E-state index contributed by atoms with van der Waals surface area (Å²) in [5.41, 5.74) is 1.64. The molecule has 9 heteroatoms. The molecular formula is C21H21BrN4O3S. The Labute approximate surface area is 187 Å². The summed E-state index contributed by atoms with van der Waals surface area (Å²) in [6.45, 7) is 1.66. The first kappa shape index (κ1) is 20.7. The number of rotatable bonds is 6. The number of nitrogens with zero attached hydrogens (tertiary/aromatic N) is 4. The number of aromatic nitrogens is 3. The standard InChI is InChI=1S/C21H21BrN4O3S/c1-28-18-4-3-15(22)11-17(18)19-25-16(13-30-19)12-29-20(27)14-5-9-26(10-6-14)21-23-7-2-8-24-21/h2-4,7-8,11,13-14H,5-6,9-10,12H2,1H3. The third-order valence-corrected chi connectivity index (χ3v) is 6.39. The molecule has 0 saturated carbocycles. The van der Waals surface area contributed by atoms with E-state index < -0.39 is 0 Å². The van der Waals surface area contributed by atoms with E-state index in [0.29, 0.717) is 5.95 Å². The van der Waals surface area contributed by atoms with Crippen LogP contribution in [0, 0.1) is 5.92 Å². The van der Waals surface area contributed by atoms with Gasteiger partial charge in [-0.2, -0.15) is 0 Å². The highest BCUT2D eigenvalue weighted by molar-refractivity contribution is 9.10. The monoisotopic (exact) mass is 488 g/mol. The van der Waals surface area contributed by atoms with E-state index in [2.05, 4.69) is 35.8 Å². The minimum absolute atomic E-state index is 0.103. The van der Waals surface area contributed by atoms with Gasteiger partial charge in [0, 0.05) is 35.3 Å². The van der Waals surface area contributed by atoms with Crippen LogP contribution in [0.4, 0.5) is 5.95 Å². The Morgan fingerprint density at radius 3 is 2.77 bits per heavy atom. The van der Waals surface area contributed by atoms with Gasteiger partial charge in [-0.05, 0) is 37.1 Å². The Hall–Kier alpha value is -2.52. The van der Waals surface area contributed by atoms with Crippen LogP contribution in [0.15, 0.2) is 46.5 Å². The first-order valence-electron chi connectivity index (χ1n) is 9.61. The molecule has 3 heterocycles. The van der Waals surface area contributed by atoms with Gasteiger partial charge < -0.3 is 14.4 Å². The van der Waals surface area contributed by atoms with E-state index in [0.717, 1.165) is 52.4 Å². The number of esters is 1. The molecule has 0 bridgehead atoms. The summed E-state index contributed by atoms with van der Waals surface area (Å²) in [6.07, 6.45) is 4.92. The third kappa shape index (κ3) is 4.79. The highest BCUT2D eigenvalue weighted by Gasteiger charge is 2.27. The molecule has 2 aromatic heterocycles. The number of methoxy groups -OCH3 is 1. The second-order valence-electron chi connectivity index (χ2n) is 6.91. The van der Waals surface area contributed by atoms with Crippen molar-refractivity contribution in [2.45, 2.75) is 19.4 Å². The summed E-state index contributed by atoms with van der Waals surface area (Å²) in [6, 6.07) is 7.59. The van der Waals surface area contributed by atoms with Crippen molar-refractivity contribution in [1.29, 1.82) is 0 Å². The number of hydrogen-bond acceptors (Lipinski definition) is 8. The fourth-order valence-corrected chi connectivity index (χ4v) is 4.56. The van der Waals surface area contributed by atoms with Crippen LogP contribution in [0.1, 0.15) is 18.5 Å². The van der Waals surface area contributed by atoms with Crippen LogP contribution in [-0.2, 0) is 16.1 Å². The summed E-state index contributed by atoms with van der Waals surface area (Å²) in [7, 11) is 1.64. The second kappa shape index (κ2) is 9.53. The highest BCUT2D eigenvalue weighted by Crippen LogP contribution is 2.34. The minimum atomic E-state index is -0.168. The van der Waals surface area contributed by atoms with Gasteiger partial charge in [-0.25, -0.2) is 15.0 Å². The molecule has 0 unspecified atom stereocenters. The summed E-state index contributed by atoms with van der Waals surface area (Å²) in [5, 5.41) is 2.74. The van der Waals surface area contributed by atoms with Crippen LogP contribution in [0.25, 0.3) is 10.6 Å². The van der Waals surface area contributed by atoms with Crippen molar-refractivity contribution in [1.82, 2.24) is 15.0 Å². The molecule has 0 radical (unpaired) electrons. The van der Waals surface area contributed by atoms with Crippen molar-refractivity contribution in [3.05, 3.63) is 52.2 Å². The topological polar surface area (TPSA) is 77.4 Å². The number of benzene rings is 1. The number of halogens is 1. The van der Waals surface area contributed by atoms with E-state index in [4.69, 9.17) is 9.47 Å². The van der Waals surface area contributed by atoms with Crippen molar-refractivity contribution in [2.24, 2.45) is 5.92 Å². The zero-order valence-electron chi connectivity index (χ0n) is 16.5. The van der Waals surface area contributed by atoms with Gasteiger partial charge in [0.05, 0.1) is 24.3 Å². The highest BCUT2D eigenvalue weighted by atomic mass is 79.9. The maximum Gasteiger partial charge on any atom is 0.309 e. The number of thiazole rings is 1. The molecule has 1 aliphatic rings. The summed E-state index contributed by atoms with van der Waals surface area (Å²) in [4.78, 5) is 27.8. The fourth-order valence-electron chi connectivity index (χ4n) is 3.38. The average Bonchev–Trinajstić information content (AvgIpc) is 3.27. The predicted octanol–water partition coefficient (Wildman–Crippen LogP) is 4.33. The van der Waals surface area contributed by atoms with E-state index in [1.165, 1.54) is 11.3 Å². The fraction of sp³-hybridized carbons (Fsp3) is 0.333. The molecular weight excluding hydrogens is 468 g/mol. The van der Waals surface area contributed by atoms with Gasteiger partial charge in [-0.1, -0.05) is 15.9 Å². The van der Waals surface area contributed by atoms with E-state index in [1.807, 2.05) is 23.6 Å². The zero-order valence-corrected chi connectivity index (χ0v) is 18.9. The van der Waals surface area contributed by atoms with Gasteiger partial charge in [-0.3, -0.25) is 4.79 Å². The Balaban J connectivity index is 1.32. The largest absolute Gasteiger partial charge is 0.496 e. The molecule has 0 aliphatic carbocycles. The summed E-state index contributed by atoms with van der Waals surface area (Å²) in [5.74, 6) is 1.19. The predicted molar refractivity (Wildman–Crippen MR) is 119 cm³/mol. The van der Waals surface area contributed by atoms with Gasteiger partial charge in [0.1, 0.15) is 17.4 Å². The molecule has 0 N–H and O–H groups in total. The van der Waals surface area contributed by atoms with E-state index >= 15 is 0 Å². The molecule has 156 valence electrons. The van der Waals surface area contributed by atoms with E-state index in [9.17, 15) is 4.79 Å². The quantitative estimate of drug-likeness (QED) is 0.477. The lowest BCUT2D eigenvalue weighted by molar-refractivity contribution is -0.150. The number of carbonyl (C=O) groups excluding carboxylic acids is 1. The number of piperidine rings is 1. The summed E-state index contributed by atoms with van der Waals surface area (Å²) < 4.78 is 11.9. The second-order valence-corrected chi connectivity index (χ2v) is 8.68. The Morgan fingerprint density at radius 2 is 2.03 bits per heavy atom. The smallest absolute Gasteiger partial charge is 0.309 e. The first-order chi connectivity index (χ1) is 14.6. The van der Waals surface area contributed by atoms with Gasteiger partial charge >= 0.3 is 5.97 Å². The molecule has 0 atom stereocenters. The van der Waals surface area contributed by atoms with Gasteiger partial charge in [0.15, 0.2) is 0 Å². The maximum atomic E-state index is 12.5. The molecule has 1 saturated heterocycles. The van der Waals surface area contributed by atoms with Gasteiger partial charge in [-0.15, -0.1) is 11.3 Å². The van der Waals surface area contributed by atoms with E-state index in [-0.39, 0.29) is 18.5 Å². The van der Waals surface area contributed by atoms with Crippen LogP contribution in [0.2, 0.25) is 0 Å². The number of carbonyl (C=O) groups is 1. The van der Waals surface area contributed by atoms with Crippen LogP contribution in [-0.4, -0.2) is 41.1 Å². The van der Waals surface area contributed by atoms with Crippen molar-refractivity contribution < 1.29 is 14.3 Å². The SMILES string of the molecule is COc1ccc(Br)cc1-c1nc(COC(=O)C2CCN(c3ncccn3)CC2)cs1. The van der Waals surface area contributed by atoms with E-state index in [1.54, 1.807) is 25.6 Å². The van der Waals surface area contributed by atoms with Gasteiger partial charge in [0.2, 0.25) is 5.95 Å². The lowest BCUT2D eigenvalue weighted by Crippen LogP contribution is -2.37. The minimum Gasteiger partial charge on any atom is -0.496 e. The lowest BCUT2D eigenvalue weighted by atomic mass is 9.97. The van der Waals surface area contributed by atoms with Crippen LogP contribution in [0.5, 0.6) is 5.75 Å². The Kier molecular flexibility index (Phi) is 6.59. The zero-order chi connectivity index (χ0) is 20.9. The Morgan fingerprint density at radius 1 is 1.27 bits per heavy atom. The molecule has 4 rings (SSSR count). The molecule has 0 spiro atoms. The van der Waals surface area contributed by atoms with Crippen molar-refractivity contribution in [3.63, 3.8) is 0 Å². The molecule has 1 aromatic carbocycles. The number of anilines is 1. The normalized spacial score (nSPS) is 14.5. The molecule has 7 nitrogen and oxygen atoms in total. The van der Waals surface area contributed by atoms with Crippen molar-refractivity contribution in [2.75, 3.05) is 25.1 Å². The van der Waals surface area contributed by atoms with Gasteiger partial charge in [0.25, 0.3) is 0 Å². The van der Waals surface area contributed by atoms with Crippen LogP contribution < -0.4 is 9.64 Å². The van der Waals surface area contributed by atoms with Crippen LogP contribution >= 0.6 is 27.3 Å². The lowest BCUT2D eigenvalue weighted by Gasteiger charge is -2.30. The number of ether oxygens (including phenoxy) is 2. The average molecular weight is 489 g/mol. The molecule has 3 aromatic rings. The summed E-state index contributed by atoms with van der Waals surface area (Å²) >= 11 is 4.99. The third-order valence-electron chi connectivity index (χ3n) is 4.97. The Bertz CT molecular complexity index is 1010. The molecule has 1 aliphatic heterocycles. The van der Waals surface area contributed by atoms with Crippen molar-refractivity contribution >= 4 is 39.2 Å². The maximum absolute atomic E-state index is 12.5. The van der Waals surface area contributed by atoms with Crippen molar-refractivity contribution in [3.8, 4) is 16.3 Å². The molecule has 30 heavy (non-hydrogen) atoms.